The molecule has 1 aliphatic heterocycles. The van der Waals surface area contributed by atoms with E-state index in [-0.39, 0.29) is 0 Å². The summed E-state index contributed by atoms with van der Waals surface area (Å²) in [5, 5.41) is 0. The summed E-state index contributed by atoms with van der Waals surface area (Å²) in [7, 11) is 2.10. The summed E-state index contributed by atoms with van der Waals surface area (Å²) in [6.07, 6.45) is 0. The van der Waals surface area contributed by atoms with Crippen molar-refractivity contribution in [1.29, 1.82) is 0 Å². The Morgan fingerprint density at radius 3 is 2.00 bits per heavy atom. The van der Waals surface area contributed by atoms with Crippen LogP contribution in [0.25, 0.3) is 0 Å². The summed E-state index contributed by atoms with van der Waals surface area (Å²) < 4.78 is 2.19. The van der Waals surface area contributed by atoms with Gasteiger partial charge in [0.2, 0.25) is 0 Å². The molecule has 0 aromatic carbocycles. The van der Waals surface area contributed by atoms with Crippen molar-refractivity contribution in [3.05, 3.63) is 0 Å². The summed E-state index contributed by atoms with van der Waals surface area (Å²) in [5.74, 6) is 2.59. The van der Waals surface area contributed by atoms with Crippen LogP contribution in [0.2, 0.25) is 0 Å². The molecule has 0 aliphatic carbocycles. The summed E-state index contributed by atoms with van der Waals surface area (Å²) in [4.78, 5) is 0. The zero-order chi connectivity index (χ0) is 4.41. The predicted molar refractivity (Wildman–Crippen MR) is 32.7 cm³/mol. The second-order valence-corrected chi connectivity index (χ2v) is 3.77. The first-order chi connectivity index (χ1) is 2.89. The van der Waals surface area contributed by atoms with Crippen molar-refractivity contribution in [1.82, 2.24) is 3.71 Å². The minimum Gasteiger partial charge on any atom is -0.197 e. The Bertz CT molecular complexity index is 42.1. The lowest BCUT2D eigenvalue weighted by Gasteiger charge is -1.97. The molecule has 0 aromatic rings. The van der Waals surface area contributed by atoms with Gasteiger partial charge in [-0.1, -0.05) is 23.9 Å². The molecule has 0 spiro atoms. The topological polar surface area (TPSA) is 3.24 Å². The number of hydrogen-bond donors (Lipinski definition) is 0. The zero-order valence-electron chi connectivity index (χ0n) is 3.68. The Balaban J connectivity index is 2.18. The molecular weight excluding hydrogens is 114 g/mol. The van der Waals surface area contributed by atoms with Crippen molar-refractivity contribution >= 4 is 23.9 Å². The minimum absolute atomic E-state index is 1.29. The molecule has 0 radical (unpaired) electrons. The molecule has 1 aliphatic rings. The maximum absolute atomic E-state index is 2.19. The molecule has 0 saturated carbocycles. The van der Waals surface area contributed by atoms with Crippen LogP contribution in [0, 0.1) is 0 Å². The number of hydrogen-bond acceptors (Lipinski definition) is 3. The minimum atomic E-state index is 1.29. The molecule has 1 nitrogen and oxygen atoms in total. The second kappa shape index (κ2) is 2.09. The first-order valence-corrected chi connectivity index (χ1v) is 3.77. The first kappa shape index (κ1) is 4.81. The van der Waals surface area contributed by atoms with Crippen LogP contribution in [0.5, 0.6) is 0 Å². The van der Waals surface area contributed by atoms with Gasteiger partial charge in [0.15, 0.2) is 0 Å². The van der Waals surface area contributed by atoms with Gasteiger partial charge in [-0.15, -0.1) is 0 Å². The molecular formula is C3H7NS2. The van der Waals surface area contributed by atoms with E-state index in [9.17, 15) is 0 Å². The highest BCUT2D eigenvalue weighted by atomic mass is 32.2. The molecule has 0 N–H and O–H groups in total. The fourth-order valence-electron chi connectivity index (χ4n) is 0.369. The fourth-order valence-corrected chi connectivity index (χ4v) is 2.22. The van der Waals surface area contributed by atoms with Crippen LogP contribution in [0.15, 0.2) is 0 Å². The quantitative estimate of drug-likeness (QED) is 0.444. The monoisotopic (exact) mass is 121 g/mol. The van der Waals surface area contributed by atoms with Crippen LogP contribution < -0.4 is 0 Å². The first-order valence-electron chi connectivity index (χ1n) is 1.89. The normalized spacial score (nSPS) is 25.5. The van der Waals surface area contributed by atoms with Crippen LogP contribution >= 0.6 is 23.9 Å². The molecule has 1 fully saturated rings. The highest BCUT2D eigenvalue weighted by Crippen LogP contribution is 2.26. The van der Waals surface area contributed by atoms with E-state index >= 15 is 0 Å². The van der Waals surface area contributed by atoms with E-state index in [4.69, 9.17) is 0 Å². The zero-order valence-corrected chi connectivity index (χ0v) is 5.31. The Morgan fingerprint density at radius 1 is 1.33 bits per heavy atom. The number of rotatable bonds is 0. The van der Waals surface area contributed by atoms with Crippen molar-refractivity contribution < 1.29 is 0 Å². The molecule has 6 heavy (non-hydrogen) atoms. The van der Waals surface area contributed by atoms with E-state index in [1.165, 1.54) is 11.5 Å². The maximum atomic E-state index is 2.19. The van der Waals surface area contributed by atoms with E-state index in [0.29, 0.717) is 0 Å². The Kier molecular flexibility index (Phi) is 1.68. The molecule has 3 heteroatoms. The van der Waals surface area contributed by atoms with Crippen molar-refractivity contribution in [3.63, 3.8) is 0 Å². The van der Waals surface area contributed by atoms with Crippen molar-refractivity contribution in [3.8, 4) is 0 Å². The fraction of sp³-hybridized carbons (Fsp3) is 1.00. The maximum Gasteiger partial charge on any atom is 0.0193 e. The smallest absolute Gasteiger partial charge is 0.0193 e. The third kappa shape index (κ3) is 1.06. The summed E-state index contributed by atoms with van der Waals surface area (Å²) in [5.41, 5.74) is 0. The van der Waals surface area contributed by atoms with Crippen LogP contribution in [0.4, 0.5) is 0 Å². The van der Waals surface area contributed by atoms with Gasteiger partial charge in [0.1, 0.15) is 0 Å². The van der Waals surface area contributed by atoms with Crippen molar-refractivity contribution in [2.24, 2.45) is 0 Å². The van der Waals surface area contributed by atoms with Crippen LogP contribution in [0.3, 0.4) is 0 Å². The molecule has 1 saturated heterocycles. The Hall–Kier alpha value is 0.660. The van der Waals surface area contributed by atoms with Gasteiger partial charge in [0.05, 0.1) is 0 Å². The van der Waals surface area contributed by atoms with Gasteiger partial charge in [-0.2, -0.15) is 3.71 Å². The molecule has 0 atom stereocenters. The molecule has 0 amide bonds. The molecule has 36 valence electrons. The van der Waals surface area contributed by atoms with Gasteiger partial charge in [-0.3, -0.25) is 0 Å². The second-order valence-electron chi connectivity index (χ2n) is 1.11. The highest BCUT2D eigenvalue weighted by Gasteiger charge is 2.05. The standard InChI is InChI=1S/C3H7NS2/c1-4-5-2-3-6-4/h2-3H2,1H3. The largest absolute Gasteiger partial charge is 0.197 e. The van der Waals surface area contributed by atoms with E-state index in [1.807, 2.05) is 23.9 Å². The number of nitrogens with zero attached hydrogens (tertiary/aromatic N) is 1. The van der Waals surface area contributed by atoms with Gasteiger partial charge in [-0.25, -0.2) is 0 Å². The van der Waals surface area contributed by atoms with E-state index in [1.54, 1.807) is 0 Å². The average Bonchev–Trinajstić information content (AvgIpc) is 1.86. The SMILES string of the molecule is CN1SCCS1. The lowest BCUT2D eigenvalue weighted by molar-refractivity contribution is 0.962. The Morgan fingerprint density at radius 2 is 1.83 bits per heavy atom. The van der Waals surface area contributed by atoms with Crippen LogP contribution in [0.1, 0.15) is 0 Å². The van der Waals surface area contributed by atoms with Gasteiger partial charge in [-0.05, 0) is 0 Å². The molecule has 1 rings (SSSR count). The van der Waals surface area contributed by atoms with Crippen LogP contribution in [-0.4, -0.2) is 22.3 Å². The predicted octanol–water partition coefficient (Wildman–Crippen LogP) is 1.23. The van der Waals surface area contributed by atoms with Gasteiger partial charge in [0, 0.05) is 18.6 Å². The van der Waals surface area contributed by atoms with E-state index in [2.05, 4.69) is 10.8 Å². The molecule has 0 unspecified atom stereocenters. The lowest BCUT2D eigenvalue weighted by Crippen LogP contribution is -1.86. The van der Waals surface area contributed by atoms with E-state index < -0.39 is 0 Å². The summed E-state index contributed by atoms with van der Waals surface area (Å²) >= 11 is 3.79. The van der Waals surface area contributed by atoms with Crippen molar-refractivity contribution in [2.75, 3.05) is 18.6 Å². The highest BCUT2D eigenvalue weighted by molar-refractivity contribution is 8.15. The van der Waals surface area contributed by atoms with E-state index in [0.717, 1.165) is 0 Å². The summed E-state index contributed by atoms with van der Waals surface area (Å²) in [6.45, 7) is 0. The molecule has 0 bridgehead atoms. The Labute approximate surface area is 46.7 Å². The third-order valence-electron chi connectivity index (χ3n) is 0.630. The van der Waals surface area contributed by atoms with Gasteiger partial charge < -0.3 is 0 Å². The average molecular weight is 121 g/mol. The van der Waals surface area contributed by atoms with Gasteiger partial charge >= 0.3 is 0 Å². The molecule has 0 aromatic heterocycles. The third-order valence-corrected chi connectivity index (χ3v) is 3.02. The van der Waals surface area contributed by atoms with Crippen LogP contribution in [-0.2, 0) is 0 Å². The lowest BCUT2D eigenvalue weighted by atomic mass is 11.0. The van der Waals surface area contributed by atoms with Crippen molar-refractivity contribution in [2.45, 2.75) is 0 Å². The molecule has 1 heterocycles. The summed E-state index contributed by atoms with van der Waals surface area (Å²) in [6, 6.07) is 0. The van der Waals surface area contributed by atoms with Gasteiger partial charge in [0.25, 0.3) is 0 Å².